The maximum absolute atomic E-state index is 12.4. The largest absolute Gasteiger partial charge is 0.334 e. The third-order valence-electron chi connectivity index (χ3n) is 4.22. The van der Waals surface area contributed by atoms with Gasteiger partial charge in [-0.3, -0.25) is 4.68 Å². The van der Waals surface area contributed by atoms with Crippen molar-refractivity contribution in [3.8, 4) is 5.69 Å². The predicted octanol–water partition coefficient (Wildman–Crippen LogP) is 2.47. The van der Waals surface area contributed by atoms with Crippen molar-refractivity contribution < 1.29 is 4.79 Å². The van der Waals surface area contributed by atoms with E-state index in [0.717, 1.165) is 22.6 Å². The average molecular weight is 367 g/mol. The summed E-state index contributed by atoms with van der Waals surface area (Å²) < 4.78 is 3.48. The molecule has 0 unspecified atom stereocenters. The molecule has 0 saturated heterocycles. The highest BCUT2D eigenvalue weighted by Gasteiger charge is 2.16. The van der Waals surface area contributed by atoms with Gasteiger partial charge in [0, 0.05) is 38.6 Å². The van der Waals surface area contributed by atoms with Crippen LogP contribution in [0.25, 0.3) is 5.69 Å². The van der Waals surface area contributed by atoms with Gasteiger partial charge in [-0.15, -0.1) is 5.10 Å². The first-order chi connectivity index (χ1) is 12.9. The molecule has 0 fully saturated rings. The van der Waals surface area contributed by atoms with Crippen LogP contribution in [0.15, 0.2) is 42.7 Å². The van der Waals surface area contributed by atoms with Crippen LogP contribution in [-0.4, -0.2) is 42.8 Å². The Kier molecular flexibility index (Phi) is 5.54. The molecule has 0 radical (unpaired) electrons. The maximum Gasteiger partial charge on any atom is 0.317 e. The summed E-state index contributed by atoms with van der Waals surface area (Å²) in [4.78, 5) is 14.0. The number of hydrogen-bond acceptors (Lipinski definition) is 4. The van der Waals surface area contributed by atoms with Crippen molar-refractivity contribution in [2.75, 3.05) is 7.05 Å². The van der Waals surface area contributed by atoms with Crippen LogP contribution < -0.4 is 5.32 Å². The van der Waals surface area contributed by atoms with Crippen LogP contribution >= 0.6 is 0 Å². The Bertz CT molecular complexity index is 898. The Morgan fingerprint density at radius 2 is 1.96 bits per heavy atom. The lowest BCUT2D eigenvalue weighted by molar-refractivity contribution is 0.206. The summed E-state index contributed by atoms with van der Waals surface area (Å²) in [7, 11) is 3.54. The van der Waals surface area contributed by atoms with E-state index in [-0.39, 0.29) is 11.9 Å². The number of hydrogen-bond donors (Lipinski definition) is 1. The van der Waals surface area contributed by atoms with E-state index in [0.29, 0.717) is 13.1 Å². The predicted molar refractivity (Wildman–Crippen MR) is 102 cm³/mol. The van der Waals surface area contributed by atoms with Gasteiger partial charge in [0.1, 0.15) is 5.69 Å². The highest BCUT2D eigenvalue weighted by atomic mass is 16.2. The third kappa shape index (κ3) is 4.52. The quantitative estimate of drug-likeness (QED) is 0.726. The van der Waals surface area contributed by atoms with Crippen LogP contribution in [0.5, 0.6) is 0 Å². The van der Waals surface area contributed by atoms with Gasteiger partial charge in [0.25, 0.3) is 0 Å². The number of carbonyl (C=O) groups excluding carboxylic acids is 1. The van der Waals surface area contributed by atoms with E-state index in [1.54, 1.807) is 29.9 Å². The topological polar surface area (TPSA) is 80.9 Å². The zero-order chi connectivity index (χ0) is 19.4. The van der Waals surface area contributed by atoms with Gasteiger partial charge in [0.2, 0.25) is 0 Å². The number of carbonyl (C=O) groups is 1. The van der Waals surface area contributed by atoms with E-state index >= 15 is 0 Å². The minimum absolute atomic E-state index is 0.164. The molecule has 0 aliphatic carbocycles. The minimum Gasteiger partial charge on any atom is -0.334 e. The molecule has 0 aliphatic heterocycles. The Labute approximate surface area is 158 Å². The SMILES string of the molecule is CC(C)c1nn(-c2ccccc2)cc1CNC(=O)N(C)Cc1cn(C)nn1. The van der Waals surface area contributed by atoms with Crippen molar-refractivity contribution in [1.82, 2.24) is 35.0 Å². The number of aryl methyl sites for hydroxylation is 1. The zero-order valence-corrected chi connectivity index (χ0v) is 16.1. The molecule has 0 atom stereocenters. The molecule has 3 aromatic rings. The number of nitrogens with zero attached hydrogens (tertiary/aromatic N) is 6. The average Bonchev–Trinajstić information content (AvgIpc) is 3.26. The lowest BCUT2D eigenvalue weighted by atomic mass is 10.1. The number of aromatic nitrogens is 5. The Morgan fingerprint density at radius 1 is 1.22 bits per heavy atom. The van der Waals surface area contributed by atoms with Gasteiger partial charge in [0.15, 0.2) is 0 Å². The number of benzene rings is 1. The number of rotatable bonds is 6. The molecule has 1 N–H and O–H groups in total. The van der Waals surface area contributed by atoms with Crippen LogP contribution in [-0.2, 0) is 20.1 Å². The number of para-hydroxylation sites is 1. The van der Waals surface area contributed by atoms with E-state index in [1.807, 2.05) is 41.2 Å². The molecule has 0 saturated carbocycles. The lowest BCUT2D eigenvalue weighted by Gasteiger charge is -2.16. The van der Waals surface area contributed by atoms with Gasteiger partial charge in [-0.25, -0.2) is 9.48 Å². The van der Waals surface area contributed by atoms with Gasteiger partial charge in [0.05, 0.1) is 17.9 Å². The first-order valence-corrected chi connectivity index (χ1v) is 8.92. The van der Waals surface area contributed by atoms with Crippen LogP contribution in [0.2, 0.25) is 0 Å². The van der Waals surface area contributed by atoms with Crippen molar-refractivity contribution in [2.45, 2.75) is 32.9 Å². The van der Waals surface area contributed by atoms with Crippen LogP contribution in [0.1, 0.15) is 36.7 Å². The first-order valence-electron chi connectivity index (χ1n) is 8.92. The Morgan fingerprint density at radius 3 is 2.59 bits per heavy atom. The summed E-state index contributed by atoms with van der Waals surface area (Å²) in [5, 5.41) is 15.6. The van der Waals surface area contributed by atoms with Gasteiger partial charge in [-0.2, -0.15) is 5.10 Å². The molecule has 142 valence electrons. The van der Waals surface area contributed by atoms with E-state index < -0.39 is 0 Å². The Balaban J connectivity index is 1.67. The number of urea groups is 1. The smallest absolute Gasteiger partial charge is 0.317 e. The molecule has 2 amide bonds. The van der Waals surface area contributed by atoms with Gasteiger partial charge < -0.3 is 10.2 Å². The van der Waals surface area contributed by atoms with Crippen molar-refractivity contribution in [3.63, 3.8) is 0 Å². The molecule has 1 aromatic carbocycles. The third-order valence-corrected chi connectivity index (χ3v) is 4.22. The minimum atomic E-state index is -0.164. The molecule has 3 rings (SSSR count). The van der Waals surface area contributed by atoms with Crippen LogP contribution in [0, 0.1) is 0 Å². The summed E-state index contributed by atoms with van der Waals surface area (Å²) in [5.74, 6) is 0.263. The molecule has 8 nitrogen and oxygen atoms in total. The van der Waals surface area contributed by atoms with Gasteiger partial charge >= 0.3 is 6.03 Å². The lowest BCUT2D eigenvalue weighted by Crippen LogP contribution is -2.36. The molecular weight excluding hydrogens is 342 g/mol. The maximum atomic E-state index is 12.4. The zero-order valence-electron chi connectivity index (χ0n) is 16.1. The number of amides is 2. The fraction of sp³-hybridized carbons (Fsp3) is 0.368. The van der Waals surface area contributed by atoms with E-state index in [4.69, 9.17) is 5.10 Å². The fourth-order valence-corrected chi connectivity index (χ4v) is 2.85. The number of nitrogens with one attached hydrogen (secondary N) is 1. The second-order valence-corrected chi connectivity index (χ2v) is 6.87. The molecule has 2 heterocycles. The second-order valence-electron chi connectivity index (χ2n) is 6.87. The van der Waals surface area contributed by atoms with E-state index in [2.05, 4.69) is 29.5 Å². The van der Waals surface area contributed by atoms with E-state index in [9.17, 15) is 4.79 Å². The van der Waals surface area contributed by atoms with Crippen molar-refractivity contribution in [3.05, 3.63) is 59.7 Å². The highest BCUT2D eigenvalue weighted by molar-refractivity contribution is 5.73. The normalized spacial score (nSPS) is 11.0. The van der Waals surface area contributed by atoms with Gasteiger partial charge in [-0.05, 0) is 18.1 Å². The molecule has 0 spiro atoms. The molecule has 27 heavy (non-hydrogen) atoms. The Hall–Kier alpha value is -3.16. The summed E-state index contributed by atoms with van der Waals surface area (Å²) in [5.41, 5.74) is 3.73. The molecule has 2 aromatic heterocycles. The summed E-state index contributed by atoms with van der Waals surface area (Å²) >= 11 is 0. The van der Waals surface area contributed by atoms with Crippen LogP contribution in [0.3, 0.4) is 0 Å². The fourth-order valence-electron chi connectivity index (χ4n) is 2.85. The summed E-state index contributed by atoms with van der Waals surface area (Å²) in [6.45, 7) is 5.02. The first kappa shape index (κ1) is 18.6. The highest BCUT2D eigenvalue weighted by Crippen LogP contribution is 2.20. The molecule has 8 heteroatoms. The van der Waals surface area contributed by atoms with Crippen molar-refractivity contribution >= 4 is 6.03 Å². The monoisotopic (exact) mass is 367 g/mol. The molecular formula is C19H25N7O. The molecule has 0 aliphatic rings. The second kappa shape index (κ2) is 8.03. The summed E-state index contributed by atoms with van der Waals surface area (Å²) in [6.07, 6.45) is 3.78. The van der Waals surface area contributed by atoms with Crippen molar-refractivity contribution in [1.29, 1.82) is 0 Å². The van der Waals surface area contributed by atoms with Gasteiger partial charge in [-0.1, -0.05) is 37.3 Å². The summed E-state index contributed by atoms with van der Waals surface area (Å²) in [6, 6.07) is 9.79. The standard InChI is InChI=1S/C19H25N7O/c1-14(2)18-15(11-26(22-18)17-8-6-5-7-9-17)10-20-19(27)24(3)12-16-13-25(4)23-21-16/h5-9,11,13-14H,10,12H2,1-4H3,(H,20,27). The molecule has 0 bridgehead atoms. The van der Waals surface area contributed by atoms with Crippen LogP contribution in [0.4, 0.5) is 4.79 Å². The van der Waals surface area contributed by atoms with E-state index in [1.165, 1.54) is 0 Å². The van der Waals surface area contributed by atoms with Crippen molar-refractivity contribution in [2.24, 2.45) is 7.05 Å².